The minimum absolute atomic E-state index is 0.0334. The van der Waals surface area contributed by atoms with Crippen LogP contribution >= 0.6 is 27.7 Å². The zero-order valence-corrected chi connectivity index (χ0v) is 17.0. The molecule has 0 aromatic heterocycles. The van der Waals surface area contributed by atoms with Crippen LogP contribution < -0.4 is 0 Å². The van der Waals surface area contributed by atoms with E-state index in [1.807, 2.05) is 26.0 Å². The molecule has 2 unspecified atom stereocenters. The molecule has 26 heavy (non-hydrogen) atoms. The summed E-state index contributed by atoms with van der Waals surface area (Å²) >= 11 is 4.88. The second-order valence-corrected chi connectivity index (χ2v) is 8.16. The quantitative estimate of drug-likeness (QED) is 0.287. The number of thioether (sulfide) groups is 1. The van der Waals surface area contributed by atoms with E-state index in [-0.39, 0.29) is 42.0 Å². The van der Waals surface area contributed by atoms with Gasteiger partial charge >= 0.3 is 5.97 Å². The minimum atomic E-state index is -0.375. The van der Waals surface area contributed by atoms with Gasteiger partial charge in [0, 0.05) is 33.2 Å². The Morgan fingerprint density at radius 1 is 1.50 bits per heavy atom. The molecular weight excluding hydrogens is 420 g/mol. The van der Waals surface area contributed by atoms with Gasteiger partial charge in [0.1, 0.15) is 18.1 Å². The third-order valence-electron chi connectivity index (χ3n) is 4.35. The van der Waals surface area contributed by atoms with Crippen LogP contribution in [-0.4, -0.2) is 30.2 Å². The van der Waals surface area contributed by atoms with Crippen molar-refractivity contribution in [1.29, 1.82) is 5.26 Å². The SMILES string of the molecule is CC(=O)OCC1O[C@H](Sc2ccc(C#N)c(Br)c2)C(C)[C@@H](N=[N+]=[N-])[C@H]1C. The van der Waals surface area contributed by atoms with Crippen LogP contribution in [0.2, 0.25) is 0 Å². The highest BCUT2D eigenvalue weighted by Crippen LogP contribution is 2.41. The standard InChI is InChI=1S/C17H19BrN4O3S/c1-9-15(8-24-11(3)23)25-17(10(2)16(9)21-22-20)26-13-5-4-12(7-19)14(18)6-13/h4-6,9-10,15-17H,8H2,1-3H3/t9-,10?,15?,16-,17+/m0/s1. The van der Waals surface area contributed by atoms with E-state index in [0.717, 1.165) is 4.90 Å². The van der Waals surface area contributed by atoms with Gasteiger partial charge in [-0.05, 0) is 45.6 Å². The van der Waals surface area contributed by atoms with Crippen LogP contribution in [0.1, 0.15) is 26.3 Å². The monoisotopic (exact) mass is 438 g/mol. The summed E-state index contributed by atoms with van der Waals surface area (Å²) in [5, 5.41) is 13.0. The van der Waals surface area contributed by atoms with Crippen LogP contribution in [0, 0.1) is 23.2 Å². The smallest absolute Gasteiger partial charge is 0.302 e. The number of ether oxygens (including phenoxy) is 2. The van der Waals surface area contributed by atoms with Crippen molar-refractivity contribution in [2.75, 3.05) is 6.61 Å². The number of nitrogens with zero attached hydrogens (tertiary/aromatic N) is 4. The molecule has 0 bridgehead atoms. The van der Waals surface area contributed by atoms with Crippen LogP contribution in [0.25, 0.3) is 10.4 Å². The molecule has 1 aromatic carbocycles. The van der Waals surface area contributed by atoms with E-state index in [4.69, 9.17) is 20.3 Å². The van der Waals surface area contributed by atoms with Gasteiger partial charge in [0.25, 0.3) is 0 Å². The van der Waals surface area contributed by atoms with E-state index in [2.05, 4.69) is 32.0 Å². The Balaban J connectivity index is 2.21. The maximum atomic E-state index is 11.1. The summed E-state index contributed by atoms with van der Waals surface area (Å²) < 4.78 is 12.0. The summed E-state index contributed by atoms with van der Waals surface area (Å²) in [6.45, 7) is 5.38. The van der Waals surface area contributed by atoms with Crippen molar-refractivity contribution in [2.24, 2.45) is 17.0 Å². The average Bonchev–Trinajstić information content (AvgIpc) is 2.60. The van der Waals surface area contributed by atoms with Crippen molar-refractivity contribution < 1.29 is 14.3 Å². The Kier molecular flexibility index (Phi) is 7.35. The molecule has 0 amide bonds. The zero-order valence-electron chi connectivity index (χ0n) is 14.6. The molecule has 1 saturated heterocycles. The number of benzene rings is 1. The third-order valence-corrected chi connectivity index (χ3v) is 6.31. The van der Waals surface area contributed by atoms with Crippen LogP contribution in [0.5, 0.6) is 0 Å². The minimum Gasteiger partial charge on any atom is -0.463 e. The van der Waals surface area contributed by atoms with Crippen LogP contribution in [0.15, 0.2) is 32.7 Å². The Bertz CT molecular complexity index is 763. The van der Waals surface area contributed by atoms with Gasteiger partial charge in [-0.25, -0.2) is 0 Å². The van der Waals surface area contributed by atoms with Crippen molar-refractivity contribution in [3.05, 3.63) is 38.7 Å². The number of hydrogen-bond acceptors (Lipinski definition) is 6. The van der Waals surface area contributed by atoms with E-state index in [9.17, 15) is 4.79 Å². The maximum Gasteiger partial charge on any atom is 0.302 e. The summed E-state index contributed by atoms with van der Waals surface area (Å²) in [6.07, 6.45) is -0.357. The molecule has 2 rings (SSSR count). The molecule has 1 heterocycles. The highest BCUT2D eigenvalue weighted by molar-refractivity contribution is 9.10. The van der Waals surface area contributed by atoms with Gasteiger partial charge in [-0.3, -0.25) is 4.79 Å². The number of esters is 1. The van der Waals surface area contributed by atoms with E-state index in [1.54, 1.807) is 6.07 Å². The lowest BCUT2D eigenvalue weighted by Crippen LogP contribution is -2.48. The van der Waals surface area contributed by atoms with Crippen molar-refractivity contribution in [2.45, 2.75) is 43.2 Å². The van der Waals surface area contributed by atoms with Crippen molar-refractivity contribution >= 4 is 33.7 Å². The highest BCUT2D eigenvalue weighted by Gasteiger charge is 2.41. The van der Waals surface area contributed by atoms with Crippen LogP contribution in [-0.2, 0) is 14.3 Å². The molecule has 9 heteroatoms. The number of nitriles is 1. The molecule has 0 radical (unpaired) electrons. The molecule has 1 aromatic rings. The van der Waals surface area contributed by atoms with Crippen molar-refractivity contribution in [3.63, 3.8) is 0 Å². The van der Waals surface area contributed by atoms with Crippen molar-refractivity contribution in [3.8, 4) is 6.07 Å². The highest BCUT2D eigenvalue weighted by atomic mass is 79.9. The molecule has 138 valence electrons. The fourth-order valence-electron chi connectivity index (χ4n) is 2.87. The van der Waals surface area contributed by atoms with E-state index in [1.165, 1.54) is 18.7 Å². The topological polar surface area (TPSA) is 108 Å². The molecule has 1 aliphatic heterocycles. The molecule has 7 nitrogen and oxygen atoms in total. The Morgan fingerprint density at radius 3 is 2.81 bits per heavy atom. The van der Waals surface area contributed by atoms with Crippen LogP contribution in [0.3, 0.4) is 0 Å². The van der Waals surface area contributed by atoms with Gasteiger partial charge in [-0.1, -0.05) is 30.7 Å². The van der Waals surface area contributed by atoms with Crippen molar-refractivity contribution in [1.82, 2.24) is 0 Å². The predicted molar refractivity (Wildman–Crippen MR) is 101 cm³/mol. The average molecular weight is 439 g/mol. The molecule has 0 N–H and O–H groups in total. The summed E-state index contributed by atoms with van der Waals surface area (Å²) in [4.78, 5) is 15.0. The van der Waals surface area contributed by atoms with E-state index >= 15 is 0 Å². The number of hydrogen-bond donors (Lipinski definition) is 0. The normalized spacial score (nSPS) is 27.9. The molecule has 0 saturated carbocycles. The lowest BCUT2D eigenvalue weighted by Gasteiger charge is -2.42. The summed E-state index contributed by atoms with van der Waals surface area (Å²) in [5.41, 5.74) is 9.20. The number of azide groups is 1. The lowest BCUT2D eigenvalue weighted by molar-refractivity contribution is -0.153. The summed E-state index contributed by atoms with van der Waals surface area (Å²) in [6, 6.07) is 7.29. The molecule has 1 fully saturated rings. The van der Waals surface area contributed by atoms with Gasteiger partial charge in [0.15, 0.2) is 0 Å². The number of carbonyl (C=O) groups excluding carboxylic acids is 1. The van der Waals surface area contributed by atoms with Crippen LogP contribution in [0.4, 0.5) is 0 Å². The summed E-state index contributed by atoms with van der Waals surface area (Å²) in [7, 11) is 0. The third kappa shape index (κ3) is 4.92. The van der Waals surface area contributed by atoms with Gasteiger partial charge in [0.05, 0.1) is 11.7 Å². The Morgan fingerprint density at radius 2 is 2.23 bits per heavy atom. The lowest BCUT2D eigenvalue weighted by atomic mass is 9.85. The molecular formula is C17H19BrN4O3S. The zero-order chi connectivity index (χ0) is 19.3. The first-order valence-corrected chi connectivity index (χ1v) is 9.74. The Hall–Kier alpha value is -1.72. The predicted octanol–water partition coefficient (Wildman–Crippen LogP) is 4.65. The van der Waals surface area contributed by atoms with Gasteiger partial charge < -0.3 is 9.47 Å². The number of halogens is 1. The fraction of sp³-hybridized carbons (Fsp3) is 0.529. The largest absolute Gasteiger partial charge is 0.463 e. The first kappa shape index (κ1) is 20.6. The summed E-state index contributed by atoms with van der Waals surface area (Å²) in [5.74, 6) is -0.487. The first-order chi connectivity index (χ1) is 12.4. The number of rotatable bonds is 5. The van der Waals surface area contributed by atoms with Gasteiger partial charge in [-0.15, -0.1) is 0 Å². The Labute approximate surface area is 164 Å². The second-order valence-electron chi connectivity index (χ2n) is 6.13. The van der Waals surface area contributed by atoms with Gasteiger partial charge in [-0.2, -0.15) is 5.26 Å². The van der Waals surface area contributed by atoms with Gasteiger partial charge in [0.2, 0.25) is 0 Å². The fourth-order valence-corrected chi connectivity index (χ4v) is 4.66. The molecule has 1 aliphatic rings. The second kappa shape index (κ2) is 9.28. The number of carbonyl (C=O) groups is 1. The first-order valence-electron chi connectivity index (χ1n) is 8.06. The van der Waals surface area contributed by atoms with E-state index < -0.39 is 0 Å². The molecule has 0 spiro atoms. The molecule has 5 atom stereocenters. The maximum absolute atomic E-state index is 11.1. The van der Waals surface area contributed by atoms with E-state index in [0.29, 0.717) is 10.0 Å². The molecule has 0 aliphatic carbocycles.